The Hall–Kier alpha value is -1.82. The molecule has 0 amide bonds. The fourth-order valence-corrected chi connectivity index (χ4v) is 2.41. The molecule has 0 unspecified atom stereocenters. The maximum absolute atomic E-state index is 8.60. The zero-order valence-corrected chi connectivity index (χ0v) is 9.98. The van der Waals surface area contributed by atoms with Crippen LogP contribution in [0.1, 0.15) is 36.7 Å². The molecule has 0 spiro atoms. The summed E-state index contributed by atoms with van der Waals surface area (Å²) in [6, 6.07) is 9.26. The lowest BCUT2D eigenvalue weighted by molar-refractivity contribution is 0.734. The van der Waals surface area contributed by atoms with Crippen molar-refractivity contribution >= 4 is 11.0 Å². The Morgan fingerprint density at radius 1 is 1.47 bits per heavy atom. The minimum absolute atomic E-state index is 0.577. The second kappa shape index (κ2) is 3.89. The van der Waals surface area contributed by atoms with E-state index in [2.05, 4.69) is 40.7 Å². The lowest BCUT2D eigenvalue weighted by atomic mass is 10.1. The van der Waals surface area contributed by atoms with E-state index in [0.717, 1.165) is 17.8 Å². The number of nitrogens with zero attached hydrogens (tertiary/aromatic N) is 3. The summed E-state index contributed by atoms with van der Waals surface area (Å²) in [6.45, 7) is 2.08. The summed E-state index contributed by atoms with van der Waals surface area (Å²) in [4.78, 5) is 4.62. The monoisotopic (exact) mass is 225 g/mol. The third-order valence-corrected chi connectivity index (χ3v) is 3.37. The number of benzene rings is 1. The Balaban J connectivity index is 2.03. The molecule has 2 aromatic rings. The molecule has 1 aromatic carbocycles. The number of fused-ring (bicyclic) bond motifs is 1. The van der Waals surface area contributed by atoms with E-state index in [4.69, 9.17) is 5.26 Å². The highest BCUT2D eigenvalue weighted by molar-refractivity contribution is 5.77. The van der Waals surface area contributed by atoms with Gasteiger partial charge in [-0.2, -0.15) is 5.26 Å². The molecule has 3 heteroatoms. The zero-order valence-electron chi connectivity index (χ0n) is 9.98. The highest BCUT2D eigenvalue weighted by Crippen LogP contribution is 2.38. The number of nitriles is 1. The summed E-state index contributed by atoms with van der Waals surface area (Å²) in [5.41, 5.74) is 3.52. The van der Waals surface area contributed by atoms with Crippen molar-refractivity contribution in [2.24, 2.45) is 0 Å². The molecular formula is C14H15N3. The van der Waals surface area contributed by atoms with Crippen molar-refractivity contribution in [3.63, 3.8) is 0 Å². The Bertz CT molecular complexity index is 600. The average molecular weight is 225 g/mol. The molecule has 17 heavy (non-hydrogen) atoms. The Morgan fingerprint density at radius 2 is 2.29 bits per heavy atom. The predicted octanol–water partition coefficient (Wildman–Crippen LogP) is 3.14. The van der Waals surface area contributed by atoms with Gasteiger partial charge in [-0.3, -0.25) is 0 Å². The van der Waals surface area contributed by atoms with Crippen LogP contribution >= 0.6 is 0 Å². The van der Waals surface area contributed by atoms with Gasteiger partial charge in [0.2, 0.25) is 0 Å². The van der Waals surface area contributed by atoms with E-state index in [-0.39, 0.29) is 0 Å². The van der Waals surface area contributed by atoms with Crippen LogP contribution in [0.2, 0.25) is 0 Å². The van der Waals surface area contributed by atoms with Gasteiger partial charge in [-0.15, -0.1) is 0 Å². The van der Waals surface area contributed by atoms with E-state index in [0.29, 0.717) is 12.5 Å². The summed E-state index contributed by atoms with van der Waals surface area (Å²) >= 11 is 0. The van der Waals surface area contributed by atoms with Gasteiger partial charge in [0.25, 0.3) is 0 Å². The second-order valence-electron chi connectivity index (χ2n) is 4.74. The van der Waals surface area contributed by atoms with Gasteiger partial charge in [-0.1, -0.05) is 6.07 Å². The van der Waals surface area contributed by atoms with Crippen LogP contribution in [-0.2, 0) is 6.42 Å². The van der Waals surface area contributed by atoms with Gasteiger partial charge in [0.05, 0.1) is 17.1 Å². The molecule has 0 radical (unpaired) electrons. The molecule has 3 rings (SSSR count). The SMILES string of the molecule is Cc1nc2cc(CCC#N)ccc2n1C1CC1. The number of rotatable bonds is 3. The third-order valence-electron chi connectivity index (χ3n) is 3.37. The average Bonchev–Trinajstić information content (AvgIpc) is 3.09. The molecule has 1 aliphatic carbocycles. The number of hydrogen-bond donors (Lipinski definition) is 0. The maximum atomic E-state index is 8.60. The number of aromatic nitrogens is 2. The standard InChI is InChI=1S/C14H15N3/c1-10-16-13-9-11(3-2-8-15)4-7-14(13)17(10)12-5-6-12/h4,7,9,12H,2-3,5-6H2,1H3. The Morgan fingerprint density at radius 3 is 3.00 bits per heavy atom. The molecule has 1 aliphatic rings. The lowest BCUT2D eigenvalue weighted by Gasteiger charge is -2.04. The zero-order chi connectivity index (χ0) is 11.8. The van der Waals surface area contributed by atoms with Gasteiger partial charge in [0.1, 0.15) is 5.82 Å². The first-order valence-corrected chi connectivity index (χ1v) is 6.14. The van der Waals surface area contributed by atoms with Gasteiger partial charge in [-0.05, 0) is 43.9 Å². The van der Waals surface area contributed by atoms with E-state index >= 15 is 0 Å². The smallest absolute Gasteiger partial charge is 0.106 e. The van der Waals surface area contributed by atoms with Gasteiger partial charge >= 0.3 is 0 Å². The van der Waals surface area contributed by atoms with E-state index in [1.54, 1.807) is 0 Å². The van der Waals surface area contributed by atoms with Crippen LogP contribution in [0.25, 0.3) is 11.0 Å². The second-order valence-corrected chi connectivity index (χ2v) is 4.74. The molecule has 0 atom stereocenters. The van der Waals surface area contributed by atoms with Crippen molar-refractivity contribution in [3.05, 3.63) is 29.6 Å². The molecule has 3 nitrogen and oxygen atoms in total. The Kier molecular flexibility index (Phi) is 2.36. The van der Waals surface area contributed by atoms with Crippen LogP contribution in [0.3, 0.4) is 0 Å². The van der Waals surface area contributed by atoms with Crippen LogP contribution in [-0.4, -0.2) is 9.55 Å². The molecule has 0 N–H and O–H groups in total. The van der Waals surface area contributed by atoms with Crippen LogP contribution in [0.4, 0.5) is 0 Å². The van der Waals surface area contributed by atoms with Gasteiger partial charge in [0.15, 0.2) is 0 Å². The number of hydrogen-bond acceptors (Lipinski definition) is 2. The van der Waals surface area contributed by atoms with Crippen LogP contribution in [0.15, 0.2) is 18.2 Å². The van der Waals surface area contributed by atoms with Crippen molar-refractivity contribution < 1.29 is 0 Å². The van der Waals surface area contributed by atoms with E-state index in [1.807, 2.05) is 0 Å². The van der Waals surface area contributed by atoms with Gasteiger partial charge in [0, 0.05) is 12.5 Å². The molecule has 1 aromatic heterocycles. The largest absolute Gasteiger partial charge is 0.325 e. The summed E-state index contributed by atoms with van der Waals surface area (Å²) in [6.07, 6.45) is 3.96. The van der Waals surface area contributed by atoms with Crippen molar-refractivity contribution in [2.45, 2.75) is 38.6 Å². The maximum Gasteiger partial charge on any atom is 0.106 e. The summed E-state index contributed by atoms with van der Waals surface area (Å²) in [5, 5.41) is 8.60. The van der Waals surface area contributed by atoms with E-state index in [9.17, 15) is 0 Å². The quantitative estimate of drug-likeness (QED) is 0.805. The first-order valence-electron chi connectivity index (χ1n) is 6.14. The molecule has 1 fully saturated rings. The molecule has 86 valence electrons. The van der Waals surface area contributed by atoms with Crippen LogP contribution in [0, 0.1) is 18.3 Å². The fraction of sp³-hybridized carbons (Fsp3) is 0.429. The van der Waals surface area contributed by atoms with Crippen molar-refractivity contribution in [1.29, 1.82) is 5.26 Å². The normalized spacial score (nSPS) is 15.1. The first-order chi connectivity index (χ1) is 8.29. The number of aryl methyl sites for hydroxylation is 2. The van der Waals surface area contributed by atoms with Crippen molar-refractivity contribution in [1.82, 2.24) is 9.55 Å². The third kappa shape index (κ3) is 1.80. The molecule has 0 bridgehead atoms. The van der Waals surface area contributed by atoms with Gasteiger partial charge in [-0.25, -0.2) is 4.98 Å². The highest BCUT2D eigenvalue weighted by atomic mass is 15.1. The van der Waals surface area contributed by atoms with Gasteiger partial charge < -0.3 is 4.57 Å². The predicted molar refractivity (Wildman–Crippen MR) is 66.7 cm³/mol. The Labute approximate surface area is 101 Å². The summed E-state index contributed by atoms with van der Waals surface area (Å²) in [5.74, 6) is 1.11. The molecule has 0 aliphatic heterocycles. The molecular weight excluding hydrogens is 210 g/mol. The minimum Gasteiger partial charge on any atom is -0.325 e. The highest BCUT2D eigenvalue weighted by Gasteiger charge is 2.26. The van der Waals surface area contributed by atoms with Crippen LogP contribution in [0.5, 0.6) is 0 Å². The van der Waals surface area contributed by atoms with Crippen molar-refractivity contribution in [3.8, 4) is 6.07 Å². The minimum atomic E-state index is 0.577. The molecule has 0 saturated heterocycles. The van der Waals surface area contributed by atoms with Crippen molar-refractivity contribution in [2.75, 3.05) is 0 Å². The molecule has 1 saturated carbocycles. The van der Waals surface area contributed by atoms with Crippen LogP contribution < -0.4 is 0 Å². The topological polar surface area (TPSA) is 41.6 Å². The summed E-state index contributed by atoms with van der Waals surface area (Å²) in [7, 11) is 0. The number of imidazole rings is 1. The van der Waals surface area contributed by atoms with E-state index < -0.39 is 0 Å². The lowest BCUT2D eigenvalue weighted by Crippen LogP contribution is -1.96. The fourth-order valence-electron chi connectivity index (χ4n) is 2.41. The summed E-state index contributed by atoms with van der Waals surface area (Å²) < 4.78 is 2.35. The first kappa shape index (κ1) is 10.3. The molecule has 1 heterocycles. The van der Waals surface area contributed by atoms with E-state index in [1.165, 1.54) is 23.9 Å².